The van der Waals surface area contributed by atoms with Crippen molar-refractivity contribution in [1.82, 2.24) is 0 Å². The third kappa shape index (κ3) is 5.29. The molecule has 0 spiro atoms. The molecule has 3 aromatic rings. The van der Waals surface area contributed by atoms with Crippen LogP contribution in [0.3, 0.4) is 0 Å². The van der Waals surface area contributed by atoms with Gasteiger partial charge in [0.05, 0.1) is 10.6 Å². The summed E-state index contributed by atoms with van der Waals surface area (Å²) in [5.74, 6) is -0.502. The molecular formula is C21H18Cl2N2O3S. The van der Waals surface area contributed by atoms with Gasteiger partial charge in [0.25, 0.3) is 10.0 Å². The van der Waals surface area contributed by atoms with Crippen molar-refractivity contribution in [1.29, 1.82) is 0 Å². The van der Waals surface area contributed by atoms with Crippen molar-refractivity contribution >= 4 is 50.5 Å². The highest BCUT2D eigenvalue weighted by atomic mass is 35.5. The number of hydrogen-bond acceptors (Lipinski definition) is 3. The Labute approximate surface area is 179 Å². The number of aryl methyl sites for hydroxylation is 1. The smallest absolute Gasteiger partial charge is 0.264 e. The highest BCUT2D eigenvalue weighted by Crippen LogP contribution is 2.25. The molecule has 0 saturated carbocycles. The molecule has 1 N–H and O–H groups in total. The van der Waals surface area contributed by atoms with Gasteiger partial charge in [0, 0.05) is 15.7 Å². The predicted octanol–water partition coefficient (Wildman–Crippen LogP) is 5.14. The van der Waals surface area contributed by atoms with Crippen LogP contribution in [-0.4, -0.2) is 20.9 Å². The van der Waals surface area contributed by atoms with E-state index in [4.69, 9.17) is 23.2 Å². The summed E-state index contributed by atoms with van der Waals surface area (Å²) < 4.78 is 27.6. The minimum atomic E-state index is -3.98. The van der Waals surface area contributed by atoms with E-state index < -0.39 is 22.5 Å². The molecule has 0 fully saturated rings. The molecule has 1 amide bonds. The summed E-state index contributed by atoms with van der Waals surface area (Å²) in [6.07, 6.45) is 0. The van der Waals surface area contributed by atoms with Crippen LogP contribution in [-0.2, 0) is 14.8 Å². The maximum absolute atomic E-state index is 13.3. The summed E-state index contributed by atoms with van der Waals surface area (Å²) in [5.41, 5.74) is 1.74. The number of carbonyl (C=O) groups excluding carboxylic acids is 1. The maximum Gasteiger partial charge on any atom is 0.264 e. The molecule has 0 bridgehead atoms. The van der Waals surface area contributed by atoms with Gasteiger partial charge in [-0.1, -0.05) is 47.0 Å². The Bertz CT molecular complexity index is 1120. The van der Waals surface area contributed by atoms with Crippen molar-refractivity contribution in [2.24, 2.45) is 0 Å². The van der Waals surface area contributed by atoms with Gasteiger partial charge in [0.1, 0.15) is 6.54 Å². The lowest BCUT2D eigenvalue weighted by molar-refractivity contribution is -0.114. The predicted molar refractivity (Wildman–Crippen MR) is 117 cm³/mol. The molecule has 0 aliphatic rings. The van der Waals surface area contributed by atoms with Crippen molar-refractivity contribution in [3.05, 3.63) is 88.4 Å². The van der Waals surface area contributed by atoms with E-state index in [2.05, 4.69) is 5.32 Å². The Hall–Kier alpha value is -2.54. The van der Waals surface area contributed by atoms with E-state index in [1.165, 1.54) is 12.1 Å². The number of nitrogens with one attached hydrogen (secondary N) is 1. The molecule has 0 aliphatic carbocycles. The van der Waals surface area contributed by atoms with E-state index in [0.29, 0.717) is 21.4 Å². The Kier molecular flexibility index (Phi) is 6.47. The largest absolute Gasteiger partial charge is 0.324 e. The number of carbonyl (C=O) groups is 1. The highest BCUT2D eigenvalue weighted by molar-refractivity contribution is 7.92. The summed E-state index contributed by atoms with van der Waals surface area (Å²) in [4.78, 5) is 12.7. The van der Waals surface area contributed by atoms with E-state index in [0.717, 1.165) is 9.87 Å². The number of sulfonamides is 1. The quantitative estimate of drug-likeness (QED) is 0.567. The molecule has 8 heteroatoms. The minimum absolute atomic E-state index is 0.0913. The van der Waals surface area contributed by atoms with Crippen LogP contribution in [0.4, 0.5) is 11.4 Å². The van der Waals surface area contributed by atoms with Crippen LogP contribution < -0.4 is 9.62 Å². The van der Waals surface area contributed by atoms with Crippen LogP contribution in [0.2, 0.25) is 10.0 Å². The third-order valence-electron chi connectivity index (χ3n) is 4.12. The zero-order valence-electron chi connectivity index (χ0n) is 15.5. The molecular weight excluding hydrogens is 431 g/mol. The van der Waals surface area contributed by atoms with Gasteiger partial charge in [0.15, 0.2) is 0 Å². The minimum Gasteiger partial charge on any atom is -0.324 e. The average molecular weight is 449 g/mol. The fraction of sp³-hybridized carbons (Fsp3) is 0.0952. The second kappa shape index (κ2) is 8.86. The van der Waals surface area contributed by atoms with Crippen molar-refractivity contribution in [2.45, 2.75) is 11.8 Å². The Morgan fingerprint density at radius 2 is 1.59 bits per heavy atom. The zero-order valence-corrected chi connectivity index (χ0v) is 17.8. The van der Waals surface area contributed by atoms with Gasteiger partial charge in [-0.2, -0.15) is 0 Å². The van der Waals surface area contributed by atoms with Crippen molar-refractivity contribution in [3.63, 3.8) is 0 Å². The van der Waals surface area contributed by atoms with Gasteiger partial charge < -0.3 is 5.32 Å². The first-order chi connectivity index (χ1) is 13.8. The number of anilines is 2. The fourth-order valence-corrected chi connectivity index (χ4v) is 4.39. The first kappa shape index (κ1) is 21.2. The average Bonchev–Trinajstić information content (AvgIpc) is 2.67. The van der Waals surface area contributed by atoms with E-state index in [1.54, 1.807) is 60.7 Å². The molecule has 150 valence electrons. The van der Waals surface area contributed by atoms with Crippen molar-refractivity contribution in [2.75, 3.05) is 16.2 Å². The molecule has 0 atom stereocenters. The standard InChI is InChI=1S/C21H18Cl2N2O3S/c1-15-5-11-20(12-6-15)29(27,28)25(19-9-7-16(22)8-10-19)14-21(26)24-18-4-2-3-17(23)13-18/h2-13H,14H2,1H3,(H,24,26). The summed E-state index contributed by atoms with van der Waals surface area (Å²) in [7, 11) is -3.98. The molecule has 0 heterocycles. The molecule has 3 aromatic carbocycles. The first-order valence-corrected chi connectivity index (χ1v) is 10.9. The number of amides is 1. The third-order valence-corrected chi connectivity index (χ3v) is 6.39. The van der Waals surface area contributed by atoms with Crippen LogP contribution in [0.1, 0.15) is 5.56 Å². The SMILES string of the molecule is Cc1ccc(S(=O)(=O)N(CC(=O)Nc2cccc(Cl)c2)c2ccc(Cl)cc2)cc1. The van der Waals surface area contributed by atoms with Gasteiger partial charge in [-0.05, 0) is 61.5 Å². The number of benzene rings is 3. The lowest BCUT2D eigenvalue weighted by Crippen LogP contribution is -2.38. The Morgan fingerprint density at radius 1 is 0.931 bits per heavy atom. The highest BCUT2D eigenvalue weighted by Gasteiger charge is 2.27. The van der Waals surface area contributed by atoms with Gasteiger partial charge in [-0.15, -0.1) is 0 Å². The van der Waals surface area contributed by atoms with Crippen LogP contribution in [0.5, 0.6) is 0 Å². The number of rotatable bonds is 6. The fourth-order valence-electron chi connectivity index (χ4n) is 2.66. The monoisotopic (exact) mass is 448 g/mol. The van der Waals surface area contributed by atoms with Crippen LogP contribution in [0, 0.1) is 6.92 Å². The molecule has 0 saturated heterocycles. The van der Waals surface area contributed by atoms with Crippen LogP contribution in [0.15, 0.2) is 77.7 Å². The number of nitrogens with zero attached hydrogens (tertiary/aromatic N) is 1. The lowest BCUT2D eigenvalue weighted by atomic mass is 10.2. The summed E-state index contributed by atoms with van der Waals surface area (Å²) in [6.45, 7) is 1.45. The van der Waals surface area contributed by atoms with Crippen molar-refractivity contribution in [3.8, 4) is 0 Å². The molecule has 0 aromatic heterocycles. The van der Waals surface area contributed by atoms with Gasteiger partial charge >= 0.3 is 0 Å². The second-order valence-electron chi connectivity index (χ2n) is 6.36. The zero-order chi connectivity index (χ0) is 21.0. The van der Waals surface area contributed by atoms with Gasteiger partial charge in [-0.25, -0.2) is 8.42 Å². The van der Waals surface area contributed by atoms with E-state index in [-0.39, 0.29) is 4.90 Å². The summed E-state index contributed by atoms with van der Waals surface area (Å²) in [6, 6.07) is 19.3. The molecule has 5 nitrogen and oxygen atoms in total. The molecule has 0 aliphatic heterocycles. The molecule has 0 radical (unpaired) electrons. The van der Waals surface area contributed by atoms with E-state index in [1.807, 2.05) is 6.92 Å². The van der Waals surface area contributed by atoms with E-state index in [9.17, 15) is 13.2 Å². The first-order valence-electron chi connectivity index (χ1n) is 8.66. The van der Waals surface area contributed by atoms with Gasteiger partial charge in [0.2, 0.25) is 5.91 Å². The number of hydrogen-bond donors (Lipinski definition) is 1. The number of halogens is 2. The maximum atomic E-state index is 13.3. The topological polar surface area (TPSA) is 66.5 Å². The van der Waals surface area contributed by atoms with Crippen LogP contribution >= 0.6 is 23.2 Å². The normalized spacial score (nSPS) is 11.1. The molecule has 29 heavy (non-hydrogen) atoms. The van der Waals surface area contributed by atoms with Crippen LogP contribution in [0.25, 0.3) is 0 Å². The van der Waals surface area contributed by atoms with Gasteiger partial charge in [-0.3, -0.25) is 9.10 Å². The molecule has 0 unspecified atom stereocenters. The lowest BCUT2D eigenvalue weighted by Gasteiger charge is -2.24. The van der Waals surface area contributed by atoms with Crippen molar-refractivity contribution < 1.29 is 13.2 Å². The summed E-state index contributed by atoms with van der Waals surface area (Å²) in [5, 5.41) is 3.60. The molecule has 3 rings (SSSR count). The second-order valence-corrected chi connectivity index (χ2v) is 9.09. The Morgan fingerprint density at radius 3 is 2.21 bits per heavy atom. The summed E-state index contributed by atoms with van der Waals surface area (Å²) >= 11 is 11.9. The van der Waals surface area contributed by atoms with E-state index >= 15 is 0 Å². The Balaban J connectivity index is 1.93.